The van der Waals surface area contributed by atoms with Crippen LogP contribution in [0.2, 0.25) is 0 Å². The van der Waals surface area contributed by atoms with Gasteiger partial charge in [-0.3, -0.25) is 14.2 Å². The molecule has 0 spiro atoms. The summed E-state index contributed by atoms with van der Waals surface area (Å²) < 4.78 is 11.8. The number of rotatable bonds is 8. The second kappa shape index (κ2) is 8.90. The highest BCUT2D eigenvalue weighted by Crippen LogP contribution is 2.11. The number of fused-ring (bicyclic) bond motifs is 1. The summed E-state index contributed by atoms with van der Waals surface area (Å²) >= 11 is 0. The van der Waals surface area contributed by atoms with E-state index in [1.54, 1.807) is 35.9 Å². The van der Waals surface area contributed by atoms with Crippen molar-refractivity contribution >= 4 is 22.9 Å². The molecule has 146 valence electrons. The maximum absolute atomic E-state index is 12.0. The van der Waals surface area contributed by atoms with Gasteiger partial charge in [-0.25, -0.2) is 4.79 Å². The van der Waals surface area contributed by atoms with Gasteiger partial charge in [-0.2, -0.15) is 0 Å². The molecule has 2 aromatic carbocycles. The molecule has 0 aliphatic carbocycles. The van der Waals surface area contributed by atoms with Gasteiger partial charge in [0.1, 0.15) is 12.3 Å². The van der Waals surface area contributed by atoms with Crippen LogP contribution >= 0.6 is 0 Å². The van der Waals surface area contributed by atoms with Gasteiger partial charge in [-0.05, 0) is 42.8 Å². The molecule has 0 saturated carbocycles. The van der Waals surface area contributed by atoms with Crippen molar-refractivity contribution in [2.45, 2.75) is 13.0 Å². The largest absolute Gasteiger partial charge is 0.497 e. The number of aryl methyl sites for hydroxylation is 1. The number of imidazole rings is 1. The van der Waals surface area contributed by atoms with E-state index in [2.05, 4.69) is 10.3 Å². The maximum Gasteiger partial charge on any atom is 0.326 e. The monoisotopic (exact) mass is 383 g/mol. The van der Waals surface area contributed by atoms with Crippen LogP contribution in [0.4, 0.5) is 0 Å². The normalized spacial score (nSPS) is 10.6. The van der Waals surface area contributed by atoms with Crippen LogP contribution in [0.3, 0.4) is 0 Å². The van der Waals surface area contributed by atoms with Gasteiger partial charge in [0.05, 0.1) is 24.8 Å². The Morgan fingerprint density at radius 3 is 2.61 bits per heavy atom. The van der Waals surface area contributed by atoms with Crippen LogP contribution in [-0.2, 0) is 16.1 Å². The van der Waals surface area contributed by atoms with Gasteiger partial charge < -0.3 is 19.8 Å². The third-order valence-corrected chi connectivity index (χ3v) is 4.22. The molecule has 0 atom stereocenters. The molecule has 1 aromatic heterocycles. The van der Waals surface area contributed by atoms with E-state index in [1.165, 1.54) is 0 Å². The van der Waals surface area contributed by atoms with Gasteiger partial charge in [0.15, 0.2) is 0 Å². The lowest BCUT2D eigenvalue weighted by atomic mass is 10.2. The Balaban J connectivity index is 1.41. The summed E-state index contributed by atoms with van der Waals surface area (Å²) in [5, 5.41) is 2.51. The predicted molar refractivity (Wildman–Crippen MR) is 103 cm³/mol. The summed E-state index contributed by atoms with van der Waals surface area (Å²) in [6.07, 6.45) is 0.486. The van der Waals surface area contributed by atoms with Gasteiger partial charge in [-0.15, -0.1) is 0 Å². The fraction of sp³-hybridized carbons (Fsp3) is 0.250. The number of esters is 1. The SMILES string of the molecule is COc1ccc(C(=O)NCC(=O)OCCCn2c(=O)[nH]c3ccccc32)cc1. The highest BCUT2D eigenvalue weighted by molar-refractivity contribution is 5.96. The Morgan fingerprint density at radius 2 is 1.86 bits per heavy atom. The number of carbonyl (C=O) groups excluding carboxylic acids is 2. The van der Waals surface area contributed by atoms with Crippen LogP contribution in [0.5, 0.6) is 5.75 Å². The number of aromatic nitrogens is 2. The fourth-order valence-electron chi connectivity index (χ4n) is 2.79. The first-order chi connectivity index (χ1) is 13.6. The summed E-state index contributed by atoms with van der Waals surface area (Å²) in [5.41, 5.74) is 1.81. The van der Waals surface area contributed by atoms with E-state index >= 15 is 0 Å². The average molecular weight is 383 g/mol. The molecule has 1 amide bonds. The first-order valence-electron chi connectivity index (χ1n) is 8.84. The second-order valence-electron chi connectivity index (χ2n) is 6.08. The number of H-pyrrole nitrogens is 1. The maximum atomic E-state index is 12.0. The minimum Gasteiger partial charge on any atom is -0.497 e. The van der Waals surface area contributed by atoms with Crippen molar-refractivity contribution in [1.29, 1.82) is 0 Å². The van der Waals surface area contributed by atoms with Crippen molar-refractivity contribution in [3.05, 3.63) is 64.6 Å². The summed E-state index contributed by atoms with van der Waals surface area (Å²) in [6.45, 7) is 0.357. The predicted octanol–water partition coefficient (Wildman–Crippen LogP) is 1.70. The lowest BCUT2D eigenvalue weighted by Crippen LogP contribution is -2.30. The number of hydrogen-bond donors (Lipinski definition) is 2. The Labute approximate surface area is 161 Å². The number of nitrogens with one attached hydrogen (secondary N) is 2. The summed E-state index contributed by atoms with van der Waals surface area (Å²) in [4.78, 5) is 38.5. The van der Waals surface area contributed by atoms with E-state index in [0.717, 1.165) is 11.0 Å². The molecule has 0 bridgehead atoms. The highest BCUT2D eigenvalue weighted by atomic mass is 16.5. The number of nitrogens with zero attached hydrogens (tertiary/aromatic N) is 1. The Kier molecular flexibility index (Phi) is 6.11. The second-order valence-corrected chi connectivity index (χ2v) is 6.08. The molecule has 3 aromatic rings. The van der Waals surface area contributed by atoms with Crippen molar-refractivity contribution in [2.75, 3.05) is 20.3 Å². The van der Waals surface area contributed by atoms with Crippen LogP contribution in [0.1, 0.15) is 16.8 Å². The van der Waals surface area contributed by atoms with Crippen molar-refractivity contribution in [3.63, 3.8) is 0 Å². The lowest BCUT2D eigenvalue weighted by Gasteiger charge is -2.08. The zero-order chi connectivity index (χ0) is 19.9. The number of hydrogen-bond acceptors (Lipinski definition) is 5. The first-order valence-corrected chi connectivity index (χ1v) is 8.84. The number of methoxy groups -OCH3 is 1. The summed E-state index contributed by atoms with van der Waals surface area (Å²) in [5.74, 6) is -0.261. The zero-order valence-corrected chi connectivity index (χ0v) is 15.4. The molecule has 0 aliphatic heterocycles. The van der Waals surface area contributed by atoms with Gasteiger partial charge in [0, 0.05) is 12.1 Å². The van der Waals surface area contributed by atoms with E-state index in [0.29, 0.717) is 24.3 Å². The number of aromatic amines is 1. The molecule has 8 heteroatoms. The molecule has 0 aliphatic rings. The molecule has 0 fully saturated rings. The molecule has 0 unspecified atom stereocenters. The standard InChI is InChI=1S/C20H21N3O5/c1-27-15-9-7-14(8-10-15)19(25)21-13-18(24)28-12-4-11-23-17-6-3-2-5-16(17)22-20(23)26/h2-3,5-10H,4,11-13H2,1H3,(H,21,25)(H,22,26). The van der Waals surface area contributed by atoms with E-state index < -0.39 is 5.97 Å². The van der Waals surface area contributed by atoms with Gasteiger partial charge in [0.2, 0.25) is 0 Å². The Morgan fingerprint density at radius 1 is 1.11 bits per heavy atom. The van der Waals surface area contributed by atoms with Gasteiger partial charge >= 0.3 is 11.7 Å². The van der Waals surface area contributed by atoms with Crippen LogP contribution in [0.25, 0.3) is 11.0 Å². The average Bonchev–Trinajstić information content (AvgIpc) is 3.04. The molecule has 28 heavy (non-hydrogen) atoms. The molecule has 8 nitrogen and oxygen atoms in total. The summed E-state index contributed by atoms with van der Waals surface area (Å²) in [6, 6.07) is 14.0. The molecule has 3 rings (SSSR count). The number of benzene rings is 2. The minimum atomic E-state index is -0.534. The molecular formula is C20H21N3O5. The van der Waals surface area contributed by atoms with Crippen molar-refractivity contribution in [3.8, 4) is 5.75 Å². The molecule has 1 heterocycles. The van der Waals surface area contributed by atoms with E-state index in [4.69, 9.17) is 9.47 Å². The third-order valence-electron chi connectivity index (χ3n) is 4.22. The number of amides is 1. The first kappa shape index (κ1) is 19.2. The Hall–Kier alpha value is -3.55. The van der Waals surface area contributed by atoms with E-state index in [1.807, 2.05) is 24.3 Å². The van der Waals surface area contributed by atoms with Crippen LogP contribution in [0, 0.1) is 0 Å². The van der Waals surface area contributed by atoms with E-state index in [9.17, 15) is 14.4 Å². The van der Waals surface area contributed by atoms with Crippen molar-refractivity contribution in [1.82, 2.24) is 14.9 Å². The minimum absolute atomic E-state index is 0.156. The third kappa shape index (κ3) is 4.59. The van der Waals surface area contributed by atoms with Crippen LogP contribution < -0.4 is 15.7 Å². The highest BCUT2D eigenvalue weighted by Gasteiger charge is 2.10. The number of para-hydroxylation sites is 2. The quantitative estimate of drug-likeness (QED) is 0.455. The summed E-state index contributed by atoms with van der Waals surface area (Å²) in [7, 11) is 1.54. The smallest absolute Gasteiger partial charge is 0.326 e. The van der Waals surface area contributed by atoms with Crippen molar-refractivity contribution in [2.24, 2.45) is 0 Å². The molecule has 0 radical (unpaired) electrons. The van der Waals surface area contributed by atoms with Gasteiger partial charge in [0.25, 0.3) is 5.91 Å². The van der Waals surface area contributed by atoms with Crippen LogP contribution in [0.15, 0.2) is 53.3 Å². The number of ether oxygens (including phenoxy) is 2. The fourth-order valence-corrected chi connectivity index (χ4v) is 2.79. The molecular weight excluding hydrogens is 362 g/mol. The molecule has 0 saturated heterocycles. The van der Waals surface area contributed by atoms with Gasteiger partial charge in [-0.1, -0.05) is 12.1 Å². The molecule has 2 N–H and O–H groups in total. The van der Waals surface area contributed by atoms with E-state index in [-0.39, 0.29) is 24.7 Å². The number of carbonyl (C=O) groups is 2. The topological polar surface area (TPSA) is 102 Å². The lowest BCUT2D eigenvalue weighted by molar-refractivity contribution is -0.142. The zero-order valence-electron chi connectivity index (χ0n) is 15.4. The Bertz CT molecular complexity index is 1020. The van der Waals surface area contributed by atoms with Crippen molar-refractivity contribution < 1.29 is 19.1 Å². The van der Waals surface area contributed by atoms with Crippen LogP contribution in [-0.4, -0.2) is 41.7 Å².